The van der Waals surface area contributed by atoms with Crippen LogP contribution < -0.4 is 0 Å². The van der Waals surface area contributed by atoms with Gasteiger partial charge in [-0.25, -0.2) is 0 Å². The van der Waals surface area contributed by atoms with Crippen LogP contribution in [0.4, 0.5) is 0 Å². The van der Waals surface area contributed by atoms with Crippen LogP contribution >= 0.6 is 0 Å². The Bertz CT molecular complexity index is 2710. The van der Waals surface area contributed by atoms with Crippen molar-refractivity contribution in [3.8, 4) is 22.3 Å². The van der Waals surface area contributed by atoms with E-state index in [1.807, 2.05) is 0 Å². The second-order valence-corrected chi connectivity index (χ2v) is 21.1. The third-order valence-electron chi connectivity index (χ3n) is 12.4. The number of benzene rings is 6. The van der Waals surface area contributed by atoms with Crippen molar-refractivity contribution in [1.82, 2.24) is 0 Å². The van der Waals surface area contributed by atoms with Gasteiger partial charge in [0.15, 0.2) is 0 Å². The highest BCUT2D eigenvalue weighted by molar-refractivity contribution is 6.84. The molecule has 0 bridgehead atoms. The molecule has 0 fully saturated rings. The lowest BCUT2D eigenvalue weighted by molar-refractivity contribution is 0.519. The van der Waals surface area contributed by atoms with Gasteiger partial charge in [-0.1, -0.05) is 110 Å². The maximum absolute atomic E-state index is 6.55. The quantitative estimate of drug-likeness (QED) is 0.159. The summed E-state index contributed by atoms with van der Waals surface area (Å²) in [6.45, 7) is 13.8. The molecule has 10 rings (SSSR count). The largest absolute Gasteiger partial charge is 0.462 e. The van der Waals surface area contributed by atoms with Crippen LogP contribution in [0.1, 0.15) is 67.5 Å². The Morgan fingerprint density at radius 1 is 0.436 bits per heavy atom. The lowest BCUT2D eigenvalue weighted by Crippen LogP contribution is -2.42. The molecule has 0 saturated heterocycles. The third-order valence-corrected chi connectivity index (χ3v) is 16.7. The van der Waals surface area contributed by atoms with E-state index in [1.165, 1.54) is 88.3 Å². The molecule has 268 valence electrons. The molecule has 2 aromatic heterocycles. The summed E-state index contributed by atoms with van der Waals surface area (Å²) in [5, 5.41) is 5.04. The zero-order valence-electron chi connectivity index (χ0n) is 32.3. The minimum absolute atomic E-state index is 0.175. The number of aryl methyl sites for hydroxylation is 4. The normalized spacial score (nSPS) is 16.4. The average molecular weight is 729 g/mol. The predicted molar refractivity (Wildman–Crippen MR) is 234 cm³/mol. The third kappa shape index (κ3) is 5.36. The lowest BCUT2D eigenvalue weighted by Gasteiger charge is -2.39. The van der Waals surface area contributed by atoms with Crippen molar-refractivity contribution in [1.29, 1.82) is 0 Å². The van der Waals surface area contributed by atoms with Gasteiger partial charge in [0.2, 0.25) is 0 Å². The van der Waals surface area contributed by atoms with Gasteiger partial charge < -0.3 is 8.83 Å². The summed E-state index contributed by atoms with van der Waals surface area (Å²) >= 11 is 0. The van der Waals surface area contributed by atoms with E-state index in [2.05, 4.69) is 186 Å². The van der Waals surface area contributed by atoms with E-state index in [0.717, 1.165) is 23.0 Å². The molecule has 2 nitrogen and oxygen atoms in total. The molecule has 2 aliphatic carbocycles. The standard InChI is InChI=1S/C52H44O2Si/c1-31-15-23-41-43(49(31)39-21-19-35-11-7-9-13-37(35)27-39)29-45(47-25-17-33(3)53-47)51(41)55(5,6)52-42-24-16-32(2)50(40-22-20-36-12-8-10-14-38(36)28-40)44(42)30-46(52)48-26-18-34(4)54-48/h7-30,51-52H,1-6H3. The van der Waals surface area contributed by atoms with Crippen LogP contribution in [0.15, 0.2) is 142 Å². The van der Waals surface area contributed by atoms with Gasteiger partial charge >= 0.3 is 0 Å². The number of fused-ring (bicyclic) bond motifs is 4. The van der Waals surface area contributed by atoms with E-state index in [9.17, 15) is 0 Å². The number of allylic oxidation sites excluding steroid dienone is 2. The van der Waals surface area contributed by atoms with Crippen molar-refractivity contribution in [3.05, 3.63) is 190 Å². The van der Waals surface area contributed by atoms with Crippen LogP contribution in [-0.2, 0) is 0 Å². The maximum atomic E-state index is 6.55. The summed E-state index contributed by atoms with van der Waals surface area (Å²) < 4.78 is 13.1. The van der Waals surface area contributed by atoms with Gasteiger partial charge in [0, 0.05) is 22.2 Å². The van der Waals surface area contributed by atoms with Crippen molar-refractivity contribution >= 4 is 52.9 Å². The molecule has 0 amide bonds. The minimum atomic E-state index is -2.44. The van der Waals surface area contributed by atoms with Crippen LogP contribution in [0.2, 0.25) is 13.1 Å². The highest BCUT2D eigenvalue weighted by atomic mass is 28.3. The van der Waals surface area contributed by atoms with Crippen molar-refractivity contribution in [3.63, 3.8) is 0 Å². The van der Waals surface area contributed by atoms with Crippen LogP contribution in [0.25, 0.3) is 67.1 Å². The molecule has 0 N–H and O–H groups in total. The van der Waals surface area contributed by atoms with E-state index in [0.29, 0.717) is 0 Å². The van der Waals surface area contributed by atoms with Gasteiger partial charge in [-0.3, -0.25) is 0 Å². The van der Waals surface area contributed by atoms with Gasteiger partial charge in [0.1, 0.15) is 23.0 Å². The van der Waals surface area contributed by atoms with Crippen molar-refractivity contribution < 1.29 is 8.83 Å². The van der Waals surface area contributed by atoms with E-state index < -0.39 is 8.07 Å². The number of furan rings is 2. The molecule has 8 aromatic rings. The van der Waals surface area contributed by atoms with E-state index in [-0.39, 0.29) is 11.1 Å². The predicted octanol–water partition coefficient (Wildman–Crippen LogP) is 14.5. The topological polar surface area (TPSA) is 26.3 Å². The van der Waals surface area contributed by atoms with Crippen molar-refractivity contribution in [2.45, 2.75) is 51.9 Å². The van der Waals surface area contributed by atoms with Crippen LogP contribution in [0, 0.1) is 27.7 Å². The molecule has 0 spiro atoms. The fraction of sp³-hybridized carbons (Fsp3) is 0.154. The minimum Gasteiger partial charge on any atom is -0.462 e. The summed E-state index contributed by atoms with van der Waals surface area (Å²) in [7, 11) is -2.44. The molecule has 2 unspecified atom stereocenters. The molecule has 0 saturated carbocycles. The summed E-state index contributed by atoms with van der Waals surface area (Å²) in [5.41, 5.74) is 16.1. The Hall–Kier alpha value is -5.90. The monoisotopic (exact) mass is 728 g/mol. The molecule has 0 aliphatic heterocycles. The number of rotatable bonds is 6. The second-order valence-electron chi connectivity index (χ2n) is 16.4. The summed E-state index contributed by atoms with van der Waals surface area (Å²) in [4.78, 5) is 0. The number of hydrogen-bond acceptors (Lipinski definition) is 2. The Labute approximate surface area is 324 Å². The fourth-order valence-electron chi connectivity index (χ4n) is 9.95. The van der Waals surface area contributed by atoms with E-state index in [4.69, 9.17) is 8.83 Å². The smallest absolute Gasteiger partial charge is 0.130 e. The molecule has 0 radical (unpaired) electrons. The van der Waals surface area contributed by atoms with Gasteiger partial charge in [-0.05, 0) is 153 Å². The van der Waals surface area contributed by atoms with E-state index >= 15 is 0 Å². The Morgan fingerprint density at radius 3 is 1.25 bits per heavy atom. The Kier molecular flexibility index (Phi) is 7.70. The highest BCUT2D eigenvalue weighted by Gasteiger charge is 2.50. The molecule has 2 heterocycles. The van der Waals surface area contributed by atoms with Crippen LogP contribution in [-0.4, -0.2) is 8.07 Å². The second kappa shape index (κ2) is 12.6. The first-order chi connectivity index (χ1) is 26.7. The molecule has 6 aromatic carbocycles. The lowest BCUT2D eigenvalue weighted by atomic mass is 9.91. The summed E-state index contributed by atoms with van der Waals surface area (Å²) in [6, 6.07) is 49.3. The molecule has 2 aliphatic rings. The number of hydrogen-bond donors (Lipinski definition) is 0. The van der Waals surface area contributed by atoms with Gasteiger partial charge in [-0.15, -0.1) is 0 Å². The van der Waals surface area contributed by atoms with E-state index in [1.54, 1.807) is 0 Å². The summed E-state index contributed by atoms with van der Waals surface area (Å²) in [6.07, 6.45) is 4.94. The Balaban J connectivity index is 1.19. The highest BCUT2D eigenvalue weighted by Crippen LogP contribution is 2.59. The molecular formula is C52H44O2Si. The zero-order valence-corrected chi connectivity index (χ0v) is 33.3. The first kappa shape index (κ1) is 33.6. The summed E-state index contributed by atoms with van der Waals surface area (Å²) in [5.74, 6) is 3.81. The molecule has 2 atom stereocenters. The van der Waals surface area contributed by atoms with Crippen LogP contribution in [0.5, 0.6) is 0 Å². The first-order valence-electron chi connectivity index (χ1n) is 19.5. The molecule has 55 heavy (non-hydrogen) atoms. The van der Waals surface area contributed by atoms with Crippen LogP contribution in [0.3, 0.4) is 0 Å². The fourth-order valence-corrected chi connectivity index (χ4v) is 14.4. The maximum Gasteiger partial charge on any atom is 0.130 e. The molecular weight excluding hydrogens is 685 g/mol. The van der Waals surface area contributed by atoms with Crippen molar-refractivity contribution in [2.75, 3.05) is 0 Å². The van der Waals surface area contributed by atoms with Gasteiger partial charge in [0.25, 0.3) is 0 Å². The molecule has 3 heteroatoms. The average Bonchev–Trinajstić information content (AvgIpc) is 3.99. The Morgan fingerprint density at radius 2 is 0.855 bits per heavy atom. The zero-order chi connectivity index (χ0) is 37.6. The van der Waals surface area contributed by atoms with Crippen molar-refractivity contribution in [2.24, 2.45) is 0 Å². The van der Waals surface area contributed by atoms with Gasteiger partial charge in [-0.2, -0.15) is 0 Å². The van der Waals surface area contributed by atoms with Gasteiger partial charge in [0.05, 0.1) is 8.07 Å². The first-order valence-corrected chi connectivity index (χ1v) is 22.6. The SMILES string of the molecule is Cc1ccc(C2=Cc3c(ccc(C)c3-c3ccc4ccccc4c3)C2[Si](C)(C)C2C(c3ccc(C)o3)=Cc3c2ccc(C)c3-c2ccc3ccccc3c2)o1.